The van der Waals surface area contributed by atoms with Crippen LogP contribution >= 0.6 is 11.8 Å². The molecule has 5 rings (SSSR count). The molecule has 9 heteroatoms. The molecule has 0 fully saturated rings. The van der Waals surface area contributed by atoms with Crippen LogP contribution in [0.1, 0.15) is 39.1 Å². The van der Waals surface area contributed by atoms with Crippen LogP contribution in [0.25, 0.3) is 0 Å². The van der Waals surface area contributed by atoms with Crippen molar-refractivity contribution in [2.45, 2.75) is 17.7 Å². The largest absolute Gasteiger partial charge is 0.485 e. The summed E-state index contributed by atoms with van der Waals surface area (Å²) in [6.07, 6.45) is 0.157. The molecule has 0 radical (unpaired) electrons. The van der Waals surface area contributed by atoms with Crippen LogP contribution in [0.5, 0.6) is 11.5 Å². The fraction of sp³-hybridized carbons (Fsp3) is 0.238. The number of carbonyl (C=O) groups is 2. The van der Waals surface area contributed by atoms with Gasteiger partial charge in [-0.1, -0.05) is 36.0 Å². The SMILES string of the molecule is O=C1c2ccccc2C(=O)N1CCCSc1nnc(C2COc3ccccc3O2)o1. The minimum absolute atomic E-state index is 0.240. The van der Waals surface area contributed by atoms with Gasteiger partial charge in [0, 0.05) is 12.3 Å². The van der Waals surface area contributed by atoms with E-state index < -0.39 is 6.10 Å². The Labute approximate surface area is 176 Å². The minimum atomic E-state index is -0.458. The van der Waals surface area contributed by atoms with E-state index in [0.717, 1.165) is 0 Å². The Balaban J connectivity index is 1.13. The monoisotopic (exact) mass is 423 g/mol. The van der Waals surface area contributed by atoms with Gasteiger partial charge in [0.2, 0.25) is 6.10 Å². The highest BCUT2D eigenvalue weighted by molar-refractivity contribution is 7.99. The molecule has 1 unspecified atom stereocenters. The first-order valence-corrected chi connectivity index (χ1v) is 10.5. The number of benzene rings is 2. The van der Waals surface area contributed by atoms with Crippen LogP contribution in [0.2, 0.25) is 0 Å². The molecule has 2 aliphatic heterocycles. The van der Waals surface area contributed by atoms with Gasteiger partial charge in [-0.2, -0.15) is 0 Å². The third-order valence-corrected chi connectivity index (χ3v) is 5.74. The van der Waals surface area contributed by atoms with E-state index in [2.05, 4.69) is 10.2 Å². The number of imide groups is 1. The number of amides is 2. The number of carbonyl (C=O) groups excluding carboxylic acids is 2. The van der Waals surface area contributed by atoms with Gasteiger partial charge < -0.3 is 13.9 Å². The molecule has 152 valence electrons. The van der Waals surface area contributed by atoms with Gasteiger partial charge in [0.1, 0.15) is 6.61 Å². The second-order valence-electron chi connectivity index (χ2n) is 6.78. The summed E-state index contributed by atoms with van der Waals surface area (Å²) < 4.78 is 17.2. The molecule has 1 aromatic heterocycles. The number of rotatable bonds is 6. The number of hydrogen-bond acceptors (Lipinski definition) is 8. The van der Waals surface area contributed by atoms with Crippen molar-refractivity contribution in [3.05, 3.63) is 65.5 Å². The number of nitrogens with zero attached hydrogens (tertiary/aromatic N) is 3. The first-order chi connectivity index (χ1) is 14.7. The second kappa shape index (κ2) is 7.83. The van der Waals surface area contributed by atoms with E-state index in [4.69, 9.17) is 13.9 Å². The van der Waals surface area contributed by atoms with Crippen molar-refractivity contribution in [3.8, 4) is 11.5 Å². The fourth-order valence-corrected chi connectivity index (χ4v) is 4.07. The van der Waals surface area contributed by atoms with E-state index in [0.29, 0.717) is 59.1 Å². The number of para-hydroxylation sites is 2. The zero-order valence-corrected chi connectivity index (χ0v) is 16.6. The summed E-state index contributed by atoms with van der Waals surface area (Å²) in [5.41, 5.74) is 0.931. The van der Waals surface area contributed by atoms with Gasteiger partial charge in [-0.15, -0.1) is 10.2 Å². The van der Waals surface area contributed by atoms with Gasteiger partial charge in [0.25, 0.3) is 22.9 Å². The molecule has 3 heterocycles. The Morgan fingerprint density at radius 2 is 1.67 bits per heavy atom. The van der Waals surface area contributed by atoms with Crippen LogP contribution in [0.3, 0.4) is 0 Å². The van der Waals surface area contributed by atoms with Crippen molar-refractivity contribution in [2.75, 3.05) is 18.9 Å². The van der Waals surface area contributed by atoms with Crippen LogP contribution < -0.4 is 9.47 Å². The molecule has 0 N–H and O–H groups in total. The highest BCUT2D eigenvalue weighted by Gasteiger charge is 2.34. The van der Waals surface area contributed by atoms with Gasteiger partial charge in [0.05, 0.1) is 11.1 Å². The van der Waals surface area contributed by atoms with Gasteiger partial charge in [-0.05, 0) is 30.7 Å². The molecule has 2 amide bonds. The lowest BCUT2D eigenvalue weighted by atomic mass is 10.1. The normalized spacial score (nSPS) is 17.3. The molecule has 1 atom stereocenters. The minimum Gasteiger partial charge on any atom is -0.485 e. The van der Waals surface area contributed by atoms with Crippen LogP contribution in [-0.2, 0) is 0 Å². The summed E-state index contributed by atoms with van der Waals surface area (Å²) in [5, 5.41) is 8.51. The lowest BCUT2D eigenvalue weighted by Gasteiger charge is -2.23. The molecule has 2 aromatic carbocycles. The summed E-state index contributed by atoms with van der Waals surface area (Å²) >= 11 is 1.37. The zero-order chi connectivity index (χ0) is 20.5. The summed E-state index contributed by atoms with van der Waals surface area (Å²) in [6, 6.07) is 14.3. The number of ether oxygens (including phenoxy) is 2. The highest BCUT2D eigenvalue weighted by atomic mass is 32.2. The van der Waals surface area contributed by atoms with Gasteiger partial charge in [-0.25, -0.2) is 0 Å². The summed E-state index contributed by atoms with van der Waals surface area (Å²) in [4.78, 5) is 26.0. The van der Waals surface area contributed by atoms with E-state index in [1.807, 2.05) is 24.3 Å². The Morgan fingerprint density at radius 3 is 2.43 bits per heavy atom. The molecule has 0 aliphatic carbocycles. The number of hydrogen-bond donors (Lipinski definition) is 0. The predicted octanol–water partition coefficient (Wildman–Crippen LogP) is 3.36. The number of fused-ring (bicyclic) bond motifs is 2. The summed E-state index contributed by atoms with van der Waals surface area (Å²) in [6.45, 7) is 0.639. The quantitative estimate of drug-likeness (QED) is 0.338. The van der Waals surface area contributed by atoms with Crippen LogP contribution in [-0.4, -0.2) is 45.8 Å². The Kier molecular flexibility index (Phi) is 4.88. The molecule has 0 spiro atoms. The summed E-state index contributed by atoms with van der Waals surface area (Å²) in [5.74, 6) is 1.83. The van der Waals surface area contributed by atoms with E-state index >= 15 is 0 Å². The predicted molar refractivity (Wildman–Crippen MR) is 107 cm³/mol. The lowest BCUT2D eigenvalue weighted by molar-refractivity contribution is 0.0655. The molecular weight excluding hydrogens is 406 g/mol. The van der Waals surface area contributed by atoms with Crippen LogP contribution in [0, 0.1) is 0 Å². The molecule has 0 bridgehead atoms. The zero-order valence-electron chi connectivity index (χ0n) is 15.8. The molecular formula is C21H17N3O5S. The molecule has 3 aromatic rings. The Bertz CT molecular complexity index is 1080. The third-order valence-electron chi connectivity index (χ3n) is 4.84. The topological polar surface area (TPSA) is 94.8 Å². The second-order valence-corrected chi connectivity index (χ2v) is 7.83. The van der Waals surface area contributed by atoms with Crippen molar-refractivity contribution >= 4 is 23.6 Å². The van der Waals surface area contributed by atoms with E-state index in [-0.39, 0.29) is 11.8 Å². The first-order valence-electron chi connectivity index (χ1n) is 9.50. The maximum Gasteiger partial charge on any atom is 0.276 e. The molecule has 0 saturated carbocycles. The standard InChI is InChI=1S/C21H17N3O5S/c25-19-13-6-1-2-7-14(13)20(26)24(19)10-5-11-30-21-23-22-18(29-21)17-12-27-15-8-3-4-9-16(15)28-17/h1-4,6-9,17H,5,10-12H2. The smallest absolute Gasteiger partial charge is 0.276 e. The average Bonchev–Trinajstić information content (AvgIpc) is 3.35. The van der Waals surface area contributed by atoms with Crippen LogP contribution in [0.4, 0.5) is 0 Å². The summed E-state index contributed by atoms with van der Waals surface area (Å²) in [7, 11) is 0. The van der Waals surface area contributed by atoms with Crippen molar-refractivity contribution < 1.29 is 23.5 Å². The van der Waals surface area contributed by atoms with Crippen molar-refractivity contribution in [2.24, 2.45) is 0 Å². The molecule has 8 nitrogen and oxygen atoms in total. The number of thioether (sulfide) groups is 1. The highest BCUT2D eigenvalue weighted by Crippen LogP contribution is 2.36. The van der Waals surface area contributed by atoms with Crippen molar-refractivity contribution in [1.82, 2.24) is 15.1 Å². The fourth-order valence-electron chi connectivity index (χ4n) is 3.37. The average molecular weight is 423 g/mol. The van der Waals surface area contributed by atoms with Crippen molar-refractivity contribution in [1.29, 1.82) is 0 Å². The maximum absolute atomic E-state index is 12.4. The van der Waals surface area contributed by atoms with Gasteiger partial charge in [0.15, 0.2) is 11.5 Å². The van der Waals surface area contributed by atoms with Gasteiger partial charge in [-0.3, -0.25) is 14.5 Å². The van der Waals surface area contributed by atoms with Crippen LogP contribution in [0.15, 0.2) is 58.2 Å². The molecule has 0 saturated heterocycles. The number of aromatic nitrogens is 2. The van der Waals surface area contributed by atoms with Crippen molar-refractivity contribution in [3.63, 3.8) is 0 Å². The Morgan fingerprint density at radius 1 is 0.967 bits per heavy atom. The van der Waals surface area contributed by atoms with E-state index in [9.17, 15) is 9.59 Å². The maximum atomic E-state index is 12.4. The molecule has 2 aliphatic rings. The van der Waals surface area contributed by atoms with E-state index in [1.54, 1.807) is 24.3 Å². The molecule has 30 heavy (non-hydrogen) atoms. The van der Waals surface area contributed by atoms with E-state index in [1.165, 1.54) is 16.7 Å². The first kappa shape index (κ1) is 18.7. The lowest BCUT2D eigenvalue weighted by Crippen LogP contribution is -2.30. The van der Waals surface area contributed by atoms with Gasteiger partial charge >= 0.3 is 0 Å². The third kappa shape index (κ3) is 3.41. The Hall–Kier alpha value is -3.33.